The monoisotopic (exact) mass is 250 g/mol. The maximum absolute atomic E-state index is 11.4. The molecule has 0 radical (unpaired) electrons. The van der Waals surface area contributed by atoms with Gasteiger partial charge in [0.05, 0.1) is 0 Å². The first kappa shape index (κ1) is 9.66. The van der Waals surface area contributed by atoms with Crippen molar-refractivity contribution in [2.24, 2.45) is 5.92 Å². The lowest BCUT2D eigenvalue weighted by Gasteiger charge is -1.96. The first-order chi connectivity index (χ1) is 6.77. The molecule has 72 valence electrons. The van der Waals surface area contributed by atoms with Crippen LogP contribution in [0.2, 0.25) is 0 Å². The predicted octanol–water partition coefficient (Wildman–Crippen LogP) is 3.44. The van der Waals surface area contributed by atoms with Gasteiger partial charge in [-0.3, -0.25) is 4.79 Å². The molecule has 0 spiro atoms. The maximum Gasteiger partial charge on any atom is 0.158 e. The summed E-state index contributed by atoms with van der Waals surface area (Å²) in [5.74, 6) is 0.578. The Morgan fingerprint density at radius 2 is 2.07 bits per heavy atom. The summed E-state index contributed by atoms with van der Waals surface area (Å²) >= 11 is 3.44. The molecule has 0 bridgehead atoms. The molecule has 14 heavy (non-hydrogen) atoms. The van der Waals surface area contributed by atoms with E-state index < -0.39 is 0 Å². The number of carbonyl (C=O) groups is 1. The van der Waals surface area contributed by atoms with Crippen molar-refractivity contribution in [1.82, 2.24) is 0 Å². The van der Waals surface area contributed by atoms with Gasteiger partial charge in [-0.1, -0.05) is 40.2 Å². The van der Waals surface area contributed by atoms with Crippen LogP contribution in [0.3, 0.4) is 0 Å². The minimum Gasteiger partial charge on any atom is -0.295 e. The fourth-order valence-corrected chi connectivity index (χ4v) is 1.70. The Bertz CT molecular complexity index is 378. The number of benzene rings is 1. The topological polar surface area (TPSA) is 17.1 Å². The van der Waals surface area contributed by atoms with Crippen LogP contribution in [-0.4, -0.2) is 5.78 Å². The fraction of sp³-hybridized carbons (Fsp3) is 0.250. The van der Waals surface area contributed by atoms with Crippen molar-refractivity contribution in [1.29, 1.82) is 0 Å². The number of allylic oxidation sites excluding steroid dienone is 1. The molecule has 0 amide bonds. The molecular formula is C12H11BrO. The second-order valence-corrected chi connectivity index (χ2v) is 4.39. The fourth-order valence-electron chi connectivity index (χ4n) is 1.29. The molecular weight excluding hydrogens is 240 g/mol. The van der Waals surface area contributed by atoms with Crippen LogP contribution >= 0.6 is 15.9 Å². The lowest BCUT2D eigenvalue weighted by Crippen LogP contribution is -1.93. The zero-order chi connectivity index (χ0) is 9.97. The van der Waals surface area contributed by atoms with E-state index in [1.165, 1.54) is 0 Å². The zero-order valence-corrected chi connectivity index (χ0v) is 9.33. The van der Waals surface area contributed by atoms with Crippen molar-refractivity contribution >= 4 is 27.8 Å². The largest absolute Gasteiger partial charge is 0.295 e. The van der Waals surface area contributed by atoms with Crippen LogP contribution in [0.5, 0.6) is 0 Å². The van der Waals surface area contributed by atoms with Gasteiger partial charge in [0.25, 0.3) is 0 Å². The van der Waals surface area contributed by atoms with E-state index in [0.717, 1.165) is 22.9 Å². The van der Waals surface area contributed by atoms with E-state index in [1.807, 2.05) is 30.3 Å². The summed E-state index contributed by atoms with van der Waals surface area (Å²) in [6, 6.07) is 7.89. The van der Waals surface area contributed by atoms with Gasteiger partial charge in [-0.2, -0.15) is 0 Å². The molecule has 1 saturated carbocycles. The molecule has 0 aliphatic heterocycles. The molecule has 1 nitrogen and oxygen atoms in total. The van der Waals surface area contributed by atoms with Gasteiger partial charge in [0, 0.05) is 10.4 Å². The minimum absolute atomic E-state index is 0.265. The molecule has 1 aromatic carbocycles. The van der Waals surface area contributed by atoms with Gasteiger partial charge in [-0.05, 0) is 30.5 Å². The summed E-state index contributed by atoms with van der Waals surface area (Å²) in [5.41, 5.74) is 1.06. The Kier molecular flexibility index (Phi) is 2.82. The normalized spacial score (nSPS) is 16.1. The first-order valence-electron chi connectivity index (χ1n) is 4.74. The average Bonchev–Trinajstić information content (AvgIpc) is 2.99. The van der Waals surface area contributed by atoms with Gasteiger partial charge in [0.1, 0.15) is 0 Å². The third-order valence-electron chi connectivity index (χ3n) is 2.31. The quantitative estimate of drug-likeness (QED) is 0.752. The van der Waals surface area contributed by atoms with Crippen molar-refractivity contribution in [3.8, 4) is 0 Å². The summed E-state index contributed by atoms with van der Waals surface area (Å²) in [6.45, 7) is 0. The van der Waals surface area contributed by atoms with E-state index in [9.17, 15) is 4.79 Å². The summed E-state index contributed by atoms with van der Waals surface area (Å²) in [6.07, 6.45) is 5.71. The van der Waals surface area contributed by atoms with Gasteiger partial charge in [-0.15, -0.1) is 0 Å². The molecule has 0 atom stereocenters. The average molecular weight is 251 g/mol. The molecule has 0 unspecified atom stereocenters. The molecule has 2 heteroatoms. The Morgan fingerprint density at radius 3 is 2.71 bits per heavy atom. The number of rotatable bonds is 3. The van der Waals surface area contributed by atoms with Gasteiger partial charge in [0.15, 0.2) is 5.78 Å². The summed E-state index contributed by atoms with van der Waals surface area (Å²) < 4.78 is 1.03. The molecule has 1 aliphatic rings. The van der Waals surface area contributed by atoms with E-state index >= 15 is 0 Å². The lowest BCUT2D eigenvalue weighted by atomic mass is 10.1. The molecule has 0 aromatic heterocycles. The number of hydrogen-bond acceptors (Lipinski definition) is 1. The Balaban J connectivity index is 2.09. The number of carbonyl (C=O) groups excluding carboxylic acids is 1. The van der Waals surface area contributed by atoms with Crippen LogP contribution in [-0.2, 0) is 4.79 Å². The van der Waals surface area contributed by atoms with E-state index in [-0.39, 0.29) is 5.78 Å². The van der Waals surface area contributed by atoms with Gasteiger partial charge < -0.3 is 0 Å². The molecule has 1 fully saturated rings. The smallest absolute Gasteiger partial charge is 0.158 e. The van der Waals surface area contributed by atoms with Gasteiger partial charge in [0.2, 0.25) is 0 Å². The standard InChI is InChI=1S/C12H11BrO/c13-11-4-2-1-3-9(11)7-8-12(14)10-5-6-10/h1-4,7-8,10H,5-6H2. The number of ketones is 1. The van der Waals surface area contributed by atoms with Gasteiger partial charge >= 0.3 is 0 Å². The first-order valence-corrected chi connectivity index (χ1v) is 5.53. The highest BCUT2D eigenvalue weighted by atomic mass is 79.9. The van der Waals surface area contributed by atoms with Crippen molar-refractivity contribution in [2.45, 2.75) is 12.8 Å². The van der Waals surface area contributed by atoms with Crippen molar-refractivity contribution in [3.05, 3.63) is 40.4 Å². The van der Waals surface area contributed by atoms with Crippen molar-refractivity contribution in [3.63, 3.8) is 0 Å². The Morgan fingerprint density at radius 1 is 1.36 bits per heavy atom. The summed E-state index contributed by atoms with van der Waals surface area (Å²) in [5, 5.41) is 0. The third kappa shape index (κ3) is 2.32. The minimum atomic E-state index is 0.265. The van der Waals surface area contributed by atoms with Crippen LogP contribution in [0.15, 0.2) is 34.8 Å². The SMILES string of the molecule is O=C(C=Cc1ccccc1Br)C1CC1. The second-order valence-electron chi connectivity index (χ2n) is 3.53. The molecule has 1 aliphatic carbocycles. The highest BCUT2D eigenvalue weighted by Gasteiger charge is 2.27. The molecule has 0 heterocycles. The maximum atomic E-state index is 11.4. The van der Waals surface area contributed by atoms with E-state index in [0.29, 0.717) is 5.92 Å². The molecule has 0 saturated heterocycles. The van der Waals surface area contributed by atoms with Crippen molar-refractivity contribution < 1.29 is 4.79 Å². The Labute approximate surface area is 92.0 Å². The van der Waals surface area contributed by atoms with Crippen LogP contribution < -0.4 is 0 Å². The van der Waals surface area contributed by atoms with Crippen LogP contribution in [0.25, 0.3) is 6.08 Å². The zero-order valence-electron chi connectivity index (χ0n) is 7.74. The van der Waals surface area contributed by atoms with E-state index in [1.54, 1.807) is 6.08 Å². The predicted molar refractivity (Wildman–Crippen MR) is 60.9 cm³/mol. The summed E-state index contributed by atoms with van der Waals surface area (Å²) in [4.78, 5) is 11.4. The summed E-state index contributed by atoms with van der Waals surface area (Å²) in [7, 11) is 0. The van der Waals surface area contributed by atoms with Crippen LogP contribution in [0.1, 0.15) is 18.4 Å². The molecule has 0 N–H and O–H groups in total. The highest BCUT2D eigenvalue weighted by molar-refractivity contribution is 9.10. The van der Waals surface area contributed by atoms with Crippen molar-refractivity contribution in [2.75, 3.05) is 0 Å². The van der Waals surface area contributed by atoms with Gasteiger partial charge in [-0.25, -0.2) is 0 Å². The molecule has 2 rings (SSSR count). The molecule has 1 aromatic rings. The van der Waals surface area contributed by atoms with E-state index in [2.05, 4.69) is 15.9 Å². The number of hydrogen-bond donors (Lipinski definition) is 0. The third-order valence-corrected chi connectivity index (χ3v) is 3.03. The van der Waals surface area contributed by atoms with E-state index in [4.69, 9.17) is 0 Å². The lowest BCUT2D eigenvalue weighted by molar-refractivity contribution is -0.115. The second kappa shape index (κ2) is 4.09. The number of halogens is 1. The van der Waals surface area contributed by atoms with Crippen LogP contribution in [0.4, 0.5) is 0 Å². The van der Waals surface area contributed by atoms with Crippen LogP contribution in [0, 0.1) is 5.92 Å². The highest BCUT2D eigenvalue weighted by Crippen LogP contribution is 2.30. The Hall–Kier alpha value is -0.890.